The highest BCUT2D eigenvalue weighted by Gasteiger charge is 2.06. The van der Waals surface area contributed by atoms with E-state index >= 15 is 0 Å². The van der Waals surface area contributed by atoms with E-state index in [1.165, 1.54) is 83.5 Å². The standard InChI is InChI=1S/C20H42O2/c1-5-6-7-8-9-10-11-12-13-14-15-16-17-18-19(2)22-20(3)21-4/h19-20H,5-18H2,1-4H3. The summed E-state index contributed by atoms with van der Waals surface area (Å²) in [4.78, 5) is 0. The lowest BCUT2D eigenvalue weighted by Gasteiger charge is -2.17. The monoisotopic (exact) mass is 314 g/mol. The SMILES string of the molecule is CCCCCCCCCCCCCCCC(C)OC(C)OC. The maximum atomic E-state index is 5.68. The molecule has 0 fully saturated rings. The van der Waals surface area contributed by atoms with Crippen molar-refractivity contribution in [2.75, 3.05) is 7.11 Å². The van der Waals surface area contributed by atoms with Gasteiger partial charge in [0.15, 0.2) is 6.29 Å². The minimum atomic E-state index is -0.0722. The van der Waals surface area contributed by atoms with E-state index in [9.17, 15) is 0 Å². The average molecular weight is 315 g/mol. The summed E-state index contributed by atoms with van der Waals surface area (Å²) in [6.07, 6.45) is 19.8. The number of ether oxygens (including phenoxy) is 2. The van der Waals surface area contributed by atoms with Gasteiger partial charge in [0.05, 0.1) is 6.10 Å². The van der Waals surface area contributed by atoms with Crippen LogP contribution in [0.2, 0.25) is 0 Å². The fourth-order valence-electron chi connectivity index (χ4n) is 2.90. The van der Waals surface area contributed by atoms with Crippen molar-refractivity contribution in [2.24, 2.45) is 0 Å². The molecular formula is C20H42O2. The van der Waals surface area contributed by atoms with Crippen LogP contribution in [0.3, 0.4) is 0 Å². The summed E-state index contributed by atoms with van der Waals surface area (Å²) in [5.74, 6) is 0. The minimum absolute atomic E-state index is 0.0722. The molecule has 0 aromatic carbocycles. The lowest BCUT2D eigenvalue weighted by molar-refractivity contribution is -0.140. The molecule has 0 aliphatic carbocycles. The summed E-state index contributed by atoms with van der Waals surface area (Å²) < 4.78 is 10.8. The Balaban J connectivity index is 3.11. The molecule has 2 nitrogen and oxygen atoms in total. The third-order valence-electron chi connectivity index (χ3n) is 4.47. The first kappa shape index (κ1) is 21.9. The smallest absolute Gasteiger partial charge is 0.154 e. The van der Waals surface area contributed by atoms with Crippen LogP contribution >= 0.6 is 0 Å². The summed E-state index contributed by atoms with van der Waals surface area (Å²) in [6, 6.07) is 0. The molecule has 0 saturated heterocycles. The average Bonchev–Trinajstić information content (AvgIpc) is 2.51. The summed E-state index contributed by atoms with van der Waals surface area (Å²) in [7, 11) is 1.70. The molecule has 2 heteroatoms. The second kappa shape index (κ2) is 17.3. The highest BCUT2D eigenvalue weighted by Crippen LogP contribution is 2.14. The fraction of sp³-hybridized carbons (Fsp3) is 1.00. The van der Waals surface area contributed by atoms with E-state index in [4.69, 9.17) is 9.47 Å². The Hall–Kier alpha value is -0.0800. The molecule has 0 rings (SSSR count). The number of rotatable bonds is 17. The molecule has 22 heavy (non-hydrogen) atoms. The van der Waals surface area contributed by atoms with E-state index in [1.54, 1.807) is 7.11 Å². The van der Waals surface area contributed by atoms with Crippen LogP contribution in [0.25, 0.3) is 0 Å². The second-order valence-electron chi connectivity index (χ2n) is 6.78. The third-order valence-corrected chi connectivity index (χ3v) is 4.47. The van der Waals surface area contributed by atoms with Crippen LogP contribution in [0.5, 0.6) is 0 Å². The van der Waals surface area contributed by atoms with Crippen molar-refractivity contribution in [3.8, 4) is 0 Å². The maximum absolute atomic E-state index is 5.68. The summed E-state index contributed by atoms with van der Waals surface area (Å²) in [5, 5.41) is 0. The van der Waals surface area contributed by atoms with Crippen molar-refractivity contribution in [1.29, 1.82) is 0 Å². The molecule has 134 valence electrons. The molecule has 0 radical (unpaired) electrons. The first-order valence-electron chi connectivity index (χ1n) is 9.89. The van der Waals surface area contributed by atoms with Gasteiger partial charge in [0.25, 0.3) is 0 Å². The molecule has 0 aromatic rings. The summed E-state index contributed by atoms with van der Waals surface area (Å²) >= 11 is 0. The normalized spacial score (nSPS) is 14.2. The Labute approximate surface area is 140 Å². The predicted octanol–water partition coefficient (Wildman–Crippen LogP) is 6.87. The second-order valence-corrected chi connectivity index (χ2v) is 6.78. The minimum Gasteiger partial charge on any atom is -0.356 e. The topological polar surface area (TPSA) is 18.5 Å². The van der Waals surface area contributed by atoms with Gasteiger partial charge in [-0.05, 0) is 20.3 Å². The number of unbranched alkanes of at least 4 members (excludes halogenated alkanes) is 12. The fourth-order valence-corrected chi connectivity index (χ4v) is 2.90. The van der Waals surface area contributed by atoms with Crippen molar-refractivity contribution in [3.63, 3.8) is 0 Å². The van der Waals surface area contributed by atoms with Crippen LogP contribution in [0.1, 0.15) is 111 Å². The Morgan fingerprint density at radius 3 is 1.45 bits per heavy atom. The van der Waals surface area contributed by atoms with E-state index in [-0.39, 0.29) is 6.29 Å². The summed E-state index contributed by atoms with van der Waals surface area (Å²) in [5.41, 5.74) is 0. The van der Waals surface area contributed by atoms with Crippen molar-refractivity contribution in [2.45, 2.75) is 123 Å². The molecular weight excluding hydrogens is 272 g/mol. The van der Waals surface area contributed by atoms with E-state index in [0.29, 0.717) is 6.10 Å². The molecule has 0 amide bonds. The van der Waals surface area contributed by atoms with Crippen molar-refractivity contribution < 1.29 is 9.47 Å². The van der Waals surface area contributed by atoms with E-state index in [1.807, 2.05) is 6.92 Å². The summed E-state index contributed by atoms with van der Waals surface area (Å²) in [6.45, 7) is 6.39. The van der Waals surface area contributed by atoms with Crippen LogP contribution in [-0.4, -0.2) is 19.5 Å². The van der Waals surface area contributed by atoms with E-state index in [2.05, 4.69) is 13.8 Å². The molecule has 0 heterocycles. The molecule has 0 aliphatic heterocycles. The zero-order chi connectivity index (χ0) is 16.5. The maximum Gasteiger partial charge on any atom is 0.154 e. The van der Waals surface area contributed by atoms with Crippen LogP contribution in [-0.2, 0) is 9.47 Å². The van der Waals surface area contributed by atoms with Gasteiger partial charge in [0.1, 0.15) is 0 Å². The van der Waals surface area contributed by atoms with Gasteiger partial charge < -0.3 is 9.47 Å². The highest BCUT2D eigenvalue weighted by atomic mass is 16.7. The predicted molar refractivity (Wildman–Crippen MR) is 97.3 cm³/mol. The van der Waals surface area contributed by atoms with Crippen LogP contribution < -0.4 is 0 Å². The number of methoxy groups -OCH3 is 1. The Morgan fingerprint density at radius 2 is 1.05 bits per heavy atom. The molecule has 0 spiro atoms. The lowest BCUT2D eigenvalue weighted by atomic mass is 10.0. The van der Waals surface area contributed by atoms with Crippen LogP contribution in [0, 0.1) is 0 Å². The van der Waals surface area contributed by atoms with Crippen molar-refractivity contribution >= 4 is 0 Å². The van der Waals surface area contributed by atoms with Crippen LogP contribution in [0.15, 0.2) is 0 Å². The zero-order valence-corrected chi connectivity index (χ0v) is 15.9. The molecule has 2 atom stereocenters. The van der Waals surface area contributed by atoms with Crippen molar-refractivity contribution in [1.82, 2.24) is 0 Å². The van der Waals surface area contributed by atoms with E-state index in [0.717, 1.165) is 6.42 Å². The first-order chi connectivity index (χ1) is 10.7. The molecule has 0 aliphatic rings. The molecule has 0 saturated carbocycles. The molecule has 0 aromatic heterocycles. The van der Waals surface area contributed by atoms with E-state index < -0.39 is 0 Å². The van der Waals surface area contributed by atoms with Gasteiger partial charge >= 0.3 is 0 Å². The Bertz CT molecular complexity index is 206. The highest BCUT2D eigenvalue weighted by molar-refractivity contribution is 4.53. The van der Waals surface area contributed by atoms with Gasteiger partial charge in [-0.2, -0.15) is 0 Å². The molecule has 0 bridgehead atoms. The van der Waals surface area contributed by atoms with Gasteiger partial charge in [-0.1, -0.05) is 90.4 Å². The quantitative estimate of drug-likeness (QED) is 0.215. The van der Waals surface area contributed by atoms with Crippen LogP contribution in [0.4, 0.5) is 0 Å². The lowest BCUT2D eigenvalue weighted by Crippen LogP contribution is -2.18. The van der Waals surface area contributed by atoms with Gasteiger partial charge in [-0.15, -0.1) is 0 Å². The Kier molecular flexibility index (Phi) is 17.2. The first-order valence-corrected chi connectivity index (χ1v) is 9.89. The number of hydrogen-bond acceptors (Lipinski definition) is 2. The van der Waals surface area contributed by atoms with Gasteiger partial charge in [-0.3, -0.25) is 0 Å². The Morgan fingerprint density at radius 1 is 0.636 bits per heavy atom. The van der Waals surface area contributed by atoms with Crippen molar-refractivity contribution in [3.05, 3.63) is 0 Å². The third kappa shape index (κ3) is 16.3. The van der Waals surface area contributed by atoms with Gasteiger partial charge in [0.2, 0.25) is 0 Å². The van der Waals surface area contributed by atoms with Gasteiger partial charge in [0, 0.05) is 7.11 Å². The zero-order valence-electron chi connectivity index (χ0n) is 15.9. The molecule has 2 unspecified atom stereocenters. The largest absolute Gasteiger partial charge is 0.356 e. The number of hydrogen-bond donors (Lipinski definition) is 0. The van der Waals surface area contributed by atoms with Gasteiger partial charge in [-0.25, -0.2) is 0 Å². The molecule has 0 N–H and O–H groups in total.